The van der Waals surface area contributed by atoms with Crippen LogP contribution < -0.4 is 10.2 Å². The molecule has 1 aromatic heterocycles. The molecule has 3 heterocycles. The van der Waals surface area contributed by atoms with Crippen molar-refractivity contribution < 1.29 is 4.92 Å². The number of nitrogens with zero attached hydrogens (tertiary/aromatic N) is 3. The summed E-state index contributed by atoms with van der Waals surface area (Å²) in [5, 5.41) is 15.7. The van der Waals surface area contributed by atoms with Crippen molar-refractivity contribution in [3.63, 3.8) is 0 Å². The second-order valence-corrected chi connectivity index (χ2v) is 5.85. The number of pyridine rings is 1. The van der Waals surface area contributed by atoms with Gasteiger partial charge in [-0.1, -0.05) is 18.2 Å². The van der Waals surface area contributed by atoms with Crippen molar-refractivity contribution in [3.05, 3.63) is 40.6 Å². The third-order valence-electron chi connectivity index (χ3n) is 4.63. The third kappa shape index (κ3) is 1.94. The zero-order valence-corrected chi connectivity index (χ0v) is 11.5. The fraction of sp³-hybridized carbons (Fsp3) is 0.400. The SMILES string of the molecule is O=[N+]([O-])c1cnc2ccccc2c1N1C[C@H]2CNC[C@H]2C1. The number of hydrogen-bond donors (Lipinski definition) is 1. The fourth-order valence-electron chi connectivity index (χ4n) is 3.62. The molecule has 4 rings (SSSR count). The van der Waals surface area contributed by atoms with E-state index in [9.17, 15) is 10.1 Å². The molecule has 6 nitrogen and oxygen atoms in total. The number of nitro groups is 1. The van der Waals surface area contributed by atoms with Gasteiger partial charge < -0.3 is 10.2 Å². The van der Waals surface area contributed by atoms with Crippen molar-refractivity contribution in [2.75, 3.05) is 31.1 Å². The normalized spacial score (nSPS) is 24.5. The summed E-state index contributed by atoms with van der Waals surface area (Å²) in [5.41, 5.74) is 1.66. The fourth-order valence-corrected chi connectivity index (χ4v) is 3.62. The average Bonchev–Trinajstić information content (AvgIpc) is 3.07. The lowest BCUT2D eigenvalue weighted by atomic mass is 10.0. The zero-order valence-electron chi connectivity index (χ0n) is 11.5. The summed E-state index contributed by atoms with van der Waals surface area (Å²) in [5.74, 6) is 1.19. The maximum Gasteiger partial charge on any atom is 0.311 e. The van der Waals surface area contributed by atoms with Crippen molar-refractivity contribution in [1.82, 2.24) is 10.3 Å². The lowest BCUT2D eigenvalue weighted by Crippen LogP contribution is -2.26. The molecule has 6 heteroatoms. The van der Waals surface area contributed by atoms with Gasteiger partial charge in [-0.05, 0) is 17.9 Å². The van der Waals surface area contributed by atoms with Gasteiger partial charge in [0.05, 0.1) is 10.4 Å². The van der Waals surface area contributed by atoms with Crippen LogP contribution in [0.4, 0.5) is 11.4 Å². The summed E-state index contributed by atoms with van der Waals surface area (Å²) in [6, 6.07) is 7.65. The molecule has 21 heavy (non-hydrogen) atoms. The van der Waals surface area contributed by atoms with E-state index in [4.69, 9.17) is 0 Å². The third-order valence-corrected chi connectivity index (χ3v) is 4.63. The van der Waals surface area contributed by atoms with Gasteiger partial charge in [-0.3, -0.25) is 10.1 Å². The molecule has 2 aliphatic rings. The van der Waals surface area contributed by atoms with Gasteiger partial charge in [0, 0.05) is 31.6 Å². The Balaban J connectivity index is 1.85. The molecule has 0 amide bonds. The van der Waals surface area contributed by atoms with Crippen molar-refractivity contribution in [1.29, 1.82) is 0 Å². The molecule has 0 saturated carbocycles. The van der Waals surface area contributed by atoms with Crippen LogP contribution in [-0.4, -0.2) is 36.1 Å². The number of para-hydroxylation sites is 1. The van der Waals surface area contributed by atoms with Crippen LogP contribution in [0.3, 0.4) is 0 Å². The maximum absolute atomic E-state index is 11.4. The van der Waals surface area contributed by atoms with Crippen LogP contribution in [-0.2, 0) is 0 Å². The predicted octanol–water partition coefficient (Wildman–Crippen LogP) is 1.80. The molecule has 0 spiro atoms. The van der Waals surface area contributed by atoms with Gasteiger partial charge in [0.2, 0.25) is 0 Å². The molecule has 0 aliphatic carbocycles. The van der Waals surface area contributed by atoms with Crippen LogP contribution in [0.5, 0.6) is 0 Å². The largest absolute Gasteiger partial charge is 0.365 e. The Bertz CT molecular complexity index is 706. The van der Waals surface area contributed by atoms with Crippen LogP contribution in [0.25, 0.3) is 10.9 Å². The zero-order chi connectivity index (χ0) is 14.4. The number of nitrogens with one attached hydrogen (secondary N) is 1. The molecule has 2 atom stereocenters. The van der Waals surface area contributed by atoms with Crippen LogP contribution in [0, 0.1) is 22.0 Å². The molecule has 0 bridgehead atoms. The Morgan fingerprint density at radius 1 is 1.24 bits per heavy atom. The molecule has 1 N–H and O–H groups in total. The molecule has 0 radical (unpaired) electrons. The monoisotopic (exact) mass is 284 g/mol. The first-order valence-electron chi connectivity index (χ1n) is 7.22. The Labute approximate surface area is 121 Å². The Hall–Kier alpha value is -2.21. The van der Waals surface area contributed by atoms with E-state index in [0.717, 1.165) is 42.8 Å². The summed E-state index contributed by atoms with van der Waals surface area (Å²) in [7, 11) is 0. The molecular formula is C15H16N4O2. The summed E-state index contributed by atoms with van der Waals surface area (Å²) in [6.45, 7) is 3.79. The first kappa shape index (κ1) is 12.5. The minimum Gasteiger partial charge on any atom is -0.365 e. The molecule has 2 fully saturated rings. The van der Waals surface area contributed by atoms with Gasteiger partial charge in [-0.15, -0.1) is 0 Å². The van der Waals surface area contributed by atoms with Crippen LogP contribution in [0.15, 0.2) is 30.5 Å². The molecule has 2 aromatic rings. The Morgan fingerprint density at radius 3 is 2.67 bits per heavy atom. The lowest BCUT2D eigenvalue weighted by molar-refractivity contribution is -0.384. The minimum atomic E-state index is -0.318. The summed E-state index contributed by atoms with van der Waals surface area (Å²) in [6.07, 6.45) is 1.39. The van der Waals surface area contributed by atoms with Crippen molar-refractivity contribution in [3.8, 4) is 0 Å². The Kier molecular flexibility index (Phi) is 2.78. The lowest BCUT2D eigenvalue weighted by Gasteiger charge is -2.21. The highest BCUT2D eigenvalue weighted by atomic mass is 16.6. The predicted molar refractivity (Wildman–Crippen MR) is 80.5 cm³/mol. The highest BCUT2D eigenvalue weighted by Gasteiger charge is 2.38. The molecule has 2 aliphatic heterocycles. The van der Waals surface area contributed by atoms with E-state index in [1.165, 1.54) is 6.20 Å². The number of fused-ring (bicyclic) bond motifs is 2. The molecule has 0 unspecified atom stereocenters. The van der Waals surface area contributed by atoms with Crippen molar-refractivity contribution in [2.45, 2.75) is 0 Å². The van der Waals surface area contributed by atoms with E-state index in [1.54, 1.807) is 0 Å². The number of aromatic nitrogens is 1. The smallest absolute Gasteiger partial charge is 0.311 e. The van der Waals surface area contributed by atoms with Crippen LogP contribution >= 0.6 is 0 Å². The standard InChI is InChI=1S/C15H16N4O2/c20-19(21)14-7-17-13-4-2-1-3-12(13)15(14)18-8-10-5-16-6-11(10)9-18/h1-4,7,10-11,16H,5-6,8-9H2/t10-,11+. The summed E-state index contributed by atoms with van der Waals surface area (Å²) < 4.78 is 0. The van der Waals surface area contributed by atoms with Crippen molar-refractivity contribution in [2.24, 2.45) is 11.8 Å². The van der Waals surface area contributed by atoms with E-state index < -0.39 is 0 Å². The molecule has 108 valence electrons. The van der Waals surface area contributed by atoms with Crippen LogP contribution in [0.2, 0.25) is 0 Å². The second-order valence-electron chi connectivity index (χ2n) is 5.85. The van der Waals surface area contributed by atoms with E-state index >= 15 is 0 Å². The molecular weight excluding hydrogens is 268 g/mol. The van der Waals surface area contributed by atoms with Gasteiger partial charge in [0.15, 0.2) is 0 Å². The van der Waals surface area contributed by atoms with E-state index in [1.807, 2.05) is 24.3 Å². The Morgan fingerprint density at radius 2 is 1.95 bits per heavy atom. The highest BCUT2D eigenvalue weighted by molar-refractivity contribution is 5.96. The molecule has 2 saturated heterocycles. The van der Waals surface area contributed by atoms with Gasteiger partial charge in [-0.25, -0.2) is 4.98 Å². The van der Waals surface area contributed by atoms with E-state index in [0.29, 0.717) is 11.8 Å². The topological polar surface area (TPSA) is 71.3 Å². The van der Waals surface area contributed by atoms with Gasteiger partial charge in [0.25, 0.3) is 0 Å². The van der Waals surface area contributed by atoms with Crippen molar-refractivity contribution >= 4 is 22.3 Å². The quantitative estimate of drug-likeness (QED) is 0.672. The minimum absolute atomic E-state index is 0.113. The number of anilines is 1. The average molecular weight is 284 g/mol. The van der Waals surface area contributed by atoms with Gasteiger partial charge in [-0.2, -0.15) is 0 Å². The number of benzene rings is 1. The van der Waals surface area contributed by atoms with E-state index in [-0.39, 0.29) is 10.6 Å². The maximum atomic E-state index is 11.4. The summed E-state index contributed by atoms with van der Waals surface area (Å²) in [4.78, 5) is 17.5. The number of hydrogen-bond acceptors (Lipinski definition) is 5. The van der Waals surface area contributed by atoms with Gasteiger partial charge in [0.1, 0.15) is 11.9 Å². The van der Waals surface area contributed by atoms with Gasteiger partial charge >= 0.3 is 5.69 Å². The van der Waals surface area contributed by atoms with E-state index in [2.05, 4.69) is 15.2 Å². The second kappa shape index (κ2) is 4.66. The molecule has 1 aromatic carbocycles. The number of rotatable bonds is 2. The van der Waals surface area contributed by atoms with Crippen LogP contribution in [0.1, 0.15) is 0 Å². The summed E-state index contributed by atoms with van der Waals surface area (Å²) >= 11 is 0. The first-order valence-corrected chi connectivity index (χ1v) is 7.22. The first-order chi connectivity index (χ1) is 10.2. The highest BCUT2D eigenvalue weighted by Crippen LogP contribution is 2.39.